The average molecular weight is 423 g/mol. The predicted molar refractivity (Wildman–Crippen MR) is 104 cm³/mol. The molecule has 3 N–H and O–H groups in total. The molecule has 0 unspecified atom stereocenters. The molecule has 14 heteroatoms. The Morgan fingerprint density at radius 2 is 2.04 bits per heavy atom. The number of anilines is 1. The average Bonchev–Trinajstić information content (AvgIpc) is 3.22. The number of thioether (sulfide) groups is 1. The summed E-state index contributed by atoms with van der Waals surface area (Å²) in [4.78, 5) is 13.7. The lowest BCUT2D eigenvalue weighted by Gasteiger charge is -2.06. The van der Waals surface area contributed by atoms with E-state index in [1.165, 1.54) is 51.0 Å². The Bertz CT molecular complexity index is 1120. The van der Waals surface area contributed by atoms with E-state index in [1.54, 1.807) is 14.1 Å². The van der Waals surface area contributed by atoms with Crippen LogP contribution in [0.5, 0.6) is 0 Å². The van der Waals surface area contributed by atoms with Crippen molar-refractivity contribution < 1.29 is 13.2 Å². The Balaban J connectivity index is 1.60. The second-order valence-electron chi connectivity index (χ2n) is 5.75. The van der Waals surface area contributed by atoms with Crippen LogP contribution in [0.2, 0.25) is 0 Å². The summed E-state index contributed by atoms with van der Waals surface area (Å²) in [7, 11) is -0.448. The number of benzene rings is 1. The molecular weight excluding hydrogens is 406 g/mol. The number of amides is 1. The van der Waals surface area contributed by atoms with Crippen molar-refractivity contribution in [1.82, 2.24) is 29.4 Å². The van der Waals surface area contributed by atoms with Gasteiger partial charge in [-0.05, 0) is 24.3 Å². The van der Waals surface area contributed by atoms with E-state index in [0.717, 1.165) is 11.8 Å². The third-order valence-electron chi connectivity index (χ3n) is 3.30. The zero-order valence-electron chi connectivity index (χ0n) is 14.9. The Labute approximate surface area is 164 Å². The van der Waals surface area contributed by atoms with Crippen LogP contribution in [0.25, 0.3) is 5.78 Å². The summed E-state index contributed by atoms with van der Waals surface area (Å²) in [5.74, 6) is 5.74. The van der Waals surface area contributed by atoms with Gasteiger partial charge in [0, 0.05) is 19.8 Å². The number of sulfonamides is 1. The summed E-state index contributed by atoms with van der Waals surface area (Å²) >= 11 is 1.14. The molecule has 0 bridgehead atoms. The quantitative estimate of drug-likeness (QED) is 0.225. The summed E-state index contributed by atoms with van der Waals surface area (Å²) in [6, 6.07) is 5.74. The normalized spacial score (nSPS) is 11.9. The zero-order valence-corrected chi connectivity index (χ0v) is 16.6. The van der Waals surface area contributed by atoms with Crippen molar-refractivity contribution >= 4 is 45.5 Å². The van der Waals surface area contributed by atoms with Crippen molar-refractivity contribution in [3.05, 3.63) is 30.6 Å². The number of nitrogen functional groups attached to an aromatic ring is 1. The molecule has 0 aliphatic rings. The van der Waals surface area contributed by atoms with Gasteiger partial charge in [0.25, 0.3) is 15.8 Å². The molecule has 0 saturated carbocycles. The number of fused-ring (bicyclic) bond motifs is 1. The van der Waals surface area contributed by atoms with E-state index in [-0.39, 0.29) is 16.6 Å². The third kappa shape index (κ3) is 4.40. The van der Waals surface area contributed by atoms with Gasteiger partial charge in [0.15, 0.2) is 0 Å². The lowest BCUT2D eigenvalue weighted by Crippen LogP contribution is -2.14. The number of hydrogen-bond donors (Lipinski definition) is 2. The Hall–Kier alpha value is -3.13. The van der Waals surface area contributed by atoms with Gasteiger partial charge in [-0.2, -0.15) is 18.0 Å². The number of hydrogen-bond acceptors (Lipinski definition) is 8. The largest absolute Gasteiger partial charge is 0.368 e. The molecule has 0 saturated heterocycles. The first kappa shape index (κ1) is 19.6. The number of rotatable bonds is 7. The van der Waals surface area contributed by atoms with Crippen molar-refractivity contribution in [1.29, 1.82) is 0 Å². The minimum Gasteiger partial charge on any atom is -0.368 e. The highest BCUT2D eigenvalue weighted by atomic mass is 32.2. The second-order valence-corrected chi connectivity index (χ2v) is 8.33. The molecule has 148 valence electrons. The molecule has 0 radical (unpaired) electrons. The molecule has 3 rings (SSSR count). The second kappa shape index (κ2) is 7.85. The SMILES string of the molecule is CN(C)C=NS(=O)(=O)c1ccc(NC(=O)CSc2nnc3n(N)cnn23)cc1. The fraction of sp³-hybridized carbons (Fsp3) is 0.214. The van der Waals surface area contributed by atoms with Gasteiger partial charge in [-0.25, -0.2) is 4.68 Å². The van der Waals surface area contributed by atoms with Crippen molar-refractivity contribution in [2.75, 3.05) is 31.0 Å². The minimum absolute atomic E-state index is 0.0289. The van der Waals surface area contributed by atoms with Crippen LogP contribution in [0, 0.1) is 0 Å². The standard InChI is InChI=1S/C14H17N9O3S2/c1-21(2)9-17-28(25,26)11-5-3-10(4-6-11)18-12(24)7-27-14-20-19-13-22(15)8-16-23(13)14/h3-6,8-9H,7,15H2,1-2H3,(H,18,24). The van der Waals surface area contributed by atoms with Crippen molar-refractivity contribution in [2.24, 2.45) is 4.40 Å². The molecule has 1 aromatic carbocycles. The van der Waals surface area contributed by atoms with E-state index in [1.807, 2.05) is 0 Å². The summed E-state index contributed by atoms with van der Waals surface area (Å²) < 4.78 is 30.3. The molecule has 3 aromatic rings. The van der Waals surface area contributed by atoms with Crippen LogP contribution < -0.4 is 11.2 Å². The molecule has 0 spiro atoms. The van der Waals surface area contributed by atoms with E-state index in [0.29, 0.717) is 16.6 Å². The maximum atomic E-state index is 12.1. The van der Waals surface area contributed by atoms with Crippen molar-refractivity contribution in [3.63, 3.8) is 0 Å². The molecule has 2 aromatic heterocycles. The number of nitrogens with zero attached hydrogens (tertiary/aromatic N) is 7. The van der Waals surface area contributed by atoms with E-state index >= 15 is 0 Å². The summed E-state index contributed by atoms with van der Waals surface area (Å²) in [6.07, 6.45) is 2.59. The molecule has 0 atom stereocenters. The summed E-state index contributed by atoms with van der Waals surface area (Å²) in [5, 5.41) is 14.9. The van der Waals surface area contributed by atoms with E-state index in [4.69, 9.17) is 5.84 Å². The van der Waals surface area contributed by atoms with E-state index in [9.17, 15) is 13.2 Å². The zero-order chi connectivity index (χ0) is 20.3. The van der Waals surface area contributed by atoms with Crippen LogP contribution in [-0.2, 0) is 14.8 Å². The lowest BCUT2D eigenvalue weighted by molar-refractivity contribution is -0.113. The molecule has 1 amide bonds. The maximum absolute atomic E-state index is 12.1. The fourth-order valence-electron chi connectivity index (χ4n) is 2.02. The maximum Gasteiger partial charge on any atom is 0.283 e. The highest BCUT2D eigenvalue weighted by Crippen LogP contribution is 2.18. The first-order chi connectivity index (χ1) is 13.3. The monoisotopic (exact) mass is 423 g/mol. The minimum atomic E-state index is -3.79. The first-order valence-electron chi connectivity index (χ1n) is 7.80. The van der Waals surface area contributed by atoms with Gasteiger partial charge in [-0.1, -0.05) is 11.8 Å². The first-order valence-corrected chi connectivity index (χ1v) is 10.2. The van der Waals surface area contributed by atoms with Gasteiger partial charge in [-0.15, -0.1) is 14.6 Å². The highest BCUT2D eigenvalue weighted by molar-refractivity contribution is 7.99. The molecule has 12 nitrogen and oxygen atoms in total. The van der Waals surface area contributed by atoms with Crippen molar-refractivity contribution in [3.8, 4) is 0 Å². The van der Waals surface area contributed by atoms with Crippen LogP contribution in [0.3, 0.4) is 0 Å². The van der Waals surface area contributed by atoms with Gasteiger partial charge in [-0.3, -0.25) is 4.79 Å². The van der Waals surface area contributed by atoms with Gasteiger partial charge < -0.3 is 16.1 Å². The molecule has 2 heterocycles. The van der Waals surface area contributed by atoms with Crippen LogP contribution >= 0.6 is 11.8 Å². The number of aromatic nitrogens is 5. The molecule has 28 heavy (non-hydrogen) atoms. The number of nitrogens with two attached hydrogens (primary N) is 1. The topological polar surface area (TPSA) is 153 Å². The molecule has 0 fully saturated rings. The van der Waals surface area contributed by atoms with Crippen LogP contribution in [0.15, 0.2) is 45.0 Å². The van der Waals surface area contributed by atoms with Crippen LogP contribution in [0.4, 0.5) is 5.69 Å². The van der Waals surface area contributed by atoms with Crippen molar-refractivity contribution in [2.45, 2.75) is 10.1 Å². The predicted octanol–water partition coefficient (Wildman–Crippen LogP) is -0.351. The molecule has 0 aliphatic carbocycles. The van der Waals surface area contributed by atoms with Gasteiger partial charge in [0.2, 0.25) is 11.1 Å². The smallest absolute Gasteiger partial charge is 0.283 e. The van der Waals surface area contributed by atoms with Gasteiger partial charge in [0.05, 0.1) is 10.6 Å². The van der Waals surface area contributed by atoms with Gasteiger partial charge in [0.1, 0.15) is 12.7 Å². The summed E-state index contributed by atoms with van der Waals surface area (Å²) in [5.41, 5.74) is 0.457. The number of carbonyl (C=O) groups excluding carboxylic acids is 1. The highest BCUT2D eigenvalue weighted by Gasteiger charge is 2.14. The summed E-state index contributed by atoms with van der Waals surface area (Å²) in [6.45, 7) is 0. The van der Waals surface area contributed by atoms with Crippen LogP contribution in [0.1, 0.15) is 0 Å². The Morgan fingerprint density at radius 3 is 2.71 bits per heavy atom. The Morgan fingerprint density at radius 1 is 1.32 bits per heavy atom. The van der Waals surface area contributed by atoms with E-state index in [2.05, 4.69) is 25.0 Å². The van der Waals surface area contributed by atoms with E-state index < -0.39 is 10.0 Å². The Kier molecular flexibility index (Phi) is 5.51. The number of nitrogens with one attached hydrogen (secondary N) is 1. The molecular formula is C14H17N9O3S2. The third-order valence-corrected chi connectivity index (χ3v) is 5.46. The number of carbonyl (C=O) groups is 1. The van der Waals surface area contributed by atoms with Gasteiger partial charge >= 0.3 is 0 Å². The fourth-order valence-corrected chi connectivity index (χ4v) is 3.62. The molecule has 0 aliphatic heterocycles. The van der Waals surface area contributed by atoms with Crippen LogP contribution in [-0.4, -0.2) is 69.9 Å². The lowest BCUT2D eigenvalue weighted by atomic mass is 10.3.